The fourth-order valence-corrected chi connectivity index (χ4v) is 4.59. The van der Waals surface area contributed by atoms with Crippen molar-refractivity contribution in [3.05, 3.63) is 46.5 Å². The zero-order valence-corrected chi connectivity index (χ0v) is 14.1. The summed E-state index contributed by atoms with van der Waals surface area (Å²) in [7, 11) is 0. The maximum atomic E-state index is 12.3. The van der Waals surface area contributed by atoms with Gasteiger partial charge in [0.25, 0.3) is 0 Å². The number of hydrogen-bond acceptors (Lipinski definition) is 1. The molecule has 2 heteroatoms. The first-order valence-electron chi connectivity index (χ1n) is 8.14. The van der Waals surface area contributed by atoms with Crippen LogP contribution in [0.15, 0.2) is 40.9 Å². The zero-order valence-electron chi connectivity index (χ0n) is 12.5. The predicted molar refractivity (Wildman–Crippen MR) is 90.2 cm³/mol. The van der Waals surface area contributed by atoms with Crippen LogP contribution < -0.4 is 0 Å². The molecule has 2 aliphatic carbocycles. The van der Waals surface area contributed by atoms with Crippen LogP contribution in [-0.4, -0.2) is 5.78 Å². The van der Waals surface area contributed by atoms with Crippen molar-refractivity contribution in [1.82, 2.24) is 0 Å². The smallest absolute Gasteiger partial charge is 0.140 e. The Morgan fingerprint density at radius 2 is 1.90 bits per heavy atom. The second-order valence-electron chi connectivity index (χ2n) is 6.59. The molecule has 1 aromatic carbocycles. The Bertz CT molecular complexity index is 540. The Kier molecular flexibility index (Phi) is 4.63. The predicted octanol–water partition coefficient (Wildman–Crippen LogP) is 5.48. The summed E-state index contributed by atoms with van der Waals surface area (Å²) in [6.07, 6.45) is 13.7. The minimum Gasteiger partial charge on any atom is -0.299 e. The molecule has 0 aromatic heterocycles. The van der Waals surface area contributed by atoms with Crippen LogP contribution in [0, 0.1) is 11.3 Å². The van der Waals surface area contributed by atoms with E-state index in [0.29, 0.717) is 11.2 Å². The van der Waals surface area contributed by atoms with Gasteiger partial charge in [0.05, 0.1) is 0 Å². The minimum absolute atomic E-state index is 0.181. The first-order chi connectivity index (χ1) is 10.2. The highest BCUT2D eigenvalue weighted by Gasteiger charge is 2.46. The van der Waals surface area contributed by atoms with Gasteiger partial charge >= 0.3 is 0 Å². The van der Waals surface area contributed by atoms with E-state index in [0.717, 1.165) is 23.7 Å². The standard InChI is InChI=1S/C19H23BrO/c20-17-10-3-2-7-15(17)8-6-9-16-18(21)11-14-19(16)12-4-1-5-13-19/h2-3,6-7,9-10,16H,1,4-5,8,11-14H2/b9-6-. The maximum absolute atomic E-state index is 12.3. The monoisotopic (exact) mass is 346 g/mol. The number of rotatable bonds is 3. The highest BCUT2D eigenvalue weighted by molar-refractivity contribution is 9.10. The van der Waals surface area contributed by atoms with Gasteiger partial charge in [0.15, 0.2) is 0 Å². The summed E-state index contributed by atoms with van der Waals surface area (Å²) in [4.78, 5) is 12.3. The van der Waals surface area contributed by atoms with E-state index in [-0.39, 0.29) is 5.92 Å². The van der Waals surface area contributed by atoms with E-state index in [9.17, 15) is 4.79 Å². The Morgan fingerprint density at radius 1 is 1.14 bits per heavy atom. The molecule has 0 amide bonds. The minimum atomic E-state index is 0.181. The van der Waals surface area contributed by atoms with Crippen LogP contribution in [0.5, 0.6) is 0 Å². The fraction of sp³-hybridized carbons (Fsp3) is 0.526. The van der Waals surface area contributed by atoms with Gasteiger partial charge in [-0.2, -0.15) is 0 Å². The highest BCUT2D eigenvalue weighted by atomic mass is 79.9. The summed E-state index contributed by atoms with van der Waals surface area (Å²) in [6, 6.07) is 8.32. The van der Waals surface area contributed by atoms with E-state index in [1.165, 1.54) is 37.7 Å². The van der Waals surface area contributed by atoms with Crippen LogP contribution in [0.25, 0.3) is 0 Å². The molecule has 21 heavy (non-hydrogen) atoms. The van der Waals surface area contributed by atoms with E-state index in [1.54, 1.807) is 0 Å². The lowest BCUT2D eigenvalue weighted by Gasteiger charge is -2.37. The summed E-state index contributed by atoms with van der Waals surface area (Å²) in [5.41, 5.74) is 1.59. The Balaban J connectivity index is 1.71. The van der Waals surface area contributed by atoms with Gasteiger partial charge in [0.2, 0.25) is 0 Å². The molecular formula is C19H23BrO. The highest BCUT2D eigenvalue weighted by Crippen LogP contribution is 2.51. The first kappa shape index (κ1) is 15.0. The molecule has 2 fully saturated rings. The number of ketones is 1. The van der Waals surface area contributed by atoms with Crippen molar-refractivity contribution in [1.29, 1.82) is 0 Å². The molecule has 0 heterocycles. The molecule has 1 atom stereocenters. The van der Waals surface area contributed by atoms with Crippen LogP contribution in [0.4, 0.5) is 0 Å². The van der Waals surface area contributed by atoms with Crippen LogP contribution in [0.1, 0.15) is 50.5 Å². The SMILES string of the molecule is O=C1CCC2(CCCCC2)C1/C=C\Cc1ccccc1Br. The quantitative estimate of drug-likeness (QED) is 0.662. The van der Waals surface area contributed by atoms with Gasteiger partial charge in [-0.25, -0.2) is 0 Å². The molecule has 1 aromatic rings. The number of hydrogen-bond donors (Lipinski definition) is 0. The molecule has 3 rings (SSSR count). The average molecular weight is 347 g/mol. The number of allylic oxidation sites excluding steroid dienone is 2. The second kappa shape index (κ2) is 6.48. The summed E-state index contributed by atoms with van der Waals surface area (Å²) in [5, 5.41) is 0. The molecule has 0 bridgehead atoms. The number of Topliss-reactive ketones (excluding diaryl/α,β-unsaturated/α-hetero) is 1. The van der Waals surface area contributed by atoms with Crippen molar-refractivity contribution in [2.75, 3.05) is 0 Å². The van der Waals surface area contributed by atoms with E-state index < -0.39 is 0 Å². The van der Waals surface area contributed by atoms with Gasteiger partial charge in [-0.3, -0.25) is 4.79 Å². The second-order valence-corrected chi connectivity index (χ2v) is 7.45. The molecule has 0 N–H and O–H groups in total. The topological polar surface area (TPSA) is 17.1 Å². The van der Waals surface area contributed by atoms with Crippen LogP contribution in [-0.2, 0) is 11.2 Å². The third-order valence-corrected chi connectivity index (χ3v) is 6.12. The number of benzene rings is 1. The number of halogens is 1. The number of carbonyl (C=O) groups is 1. The molecule has 1 unspecified atom stereocenters. The average Bonchev–Trinajstić information content (AvgIpc) is 2.79. The molecule has 2 saturated carbocycles. The van der Waals surface area contributed by atoms with Crippen molar-refractivity contribution >= 4 is 21.7 Å². The number of carbonyl (C=O) groups excluding carboxylic acids is 1. The van der Waals surface area contributed by atoms with Crippen molar-refractivity contribution < 1.29 is 4.79 Å². The van der Waals surface area contributed by atoms with Gasteiger partial charge in [-0.05, 0) is 42.7 Å². The van der Waals surface area contributed by atoms with E-state index >= 15 is 0 Å². The fourth-order valence-electron chi connectivity index (χ4n) is 4.15. The third kappa shape index (κ3) is 3.15. The van der Waals surface area contributed by atoms with Gasteiger partial charge in [0.1, 0.15) is 5.78 Å². The lowest BCUT2D eigenvalue weighted by atomic mass is 9.67. The molecule has 112 valence electrons. The first-order valence-corrected chi connectivity index (χ1v) is 8.93. The molecular weight excluding hydrogens is 324 g/mol. The summed E-state index contributed by atoms with van der Waals surface area (Å²) >= 11 is 3.59. The molecule has 0 aliphatic heterocycles. The normalized spacial score (nSPS) is 25.0. The molecule has 0 radical (unpaired) electrons. The Labute approximate surface area is 136 Å². The van der Waals surface area contributed by atoms with E-state index in [2.05, 4.69) is 46.3 Å². The molecule has 1 spiro atoms. The molecule has 2 aliphatic rings. The van der Waals surface area contributed by atoms with Crippen molar-refractivity contribution in [2.24, 2.45) is 11.3 Å². The lowest BCUT2D eigenvalue weighted by Crippen LogP contribution is -2.29. The molecule has 1 nitrogen and oxygen atoms in total. The van der Waals surface area contributed by atoms with Crippen molar-refractivity contribution in [3.63, 3.8) is 0 Å². The van der Waals surface area contributed by atoms with E-state index in [4.69, 9.17) is 0 Å². The lowest BCUT2D eigenvalue weighted by molar-refractivity contribution is -0.121. The summed E-state index contributed by atoms with van der Waals surface area (Å²) in [6.45, 7) is 0. The molecule has 0 saturated heterocycles. The van der Waals surface area contributed by atoms with Crippen molar-refractivity contribution in [3.8, 4) is 0 Å². The van der Waals surface area contributed by atoms with Gasteiger partial charge in [0, 0.05) is 16.8 Å². The Hall–Kier alpha value is -0.890. The van der Waals surface area contributed by atoms with Gasteiger partial charge in [-0.15, -0.1) is 0 Å². The van der Waals surface area contributed by atoms with Gasteiger partial charge < -0.3 is 0 Å². The van der Waals surface area contributed by atoms with Crippen LogP contribution in [0.3, 0.4) is 0 Å². The van der Waals surface area contributed by atoms with Crippen LogP contribution >= 0.6 is 15.9 Å². The van der Waals surface area contributed by atoms with Crippen molar-refractivity contribution in [2.45, 2.75) is 51.4 Å². The van der Waals surface area contributed by atoms with Crippen LogP contribution in [0.2, 0.25) is 0 Å². The van der Waals surface area contributed by atoms with E-state index in [1.807, 2.05) is 6.07 Å². The summed E-state index contributed by atoms with van der Waals surface area (Å²) in [5.74, 6) is 0.653. The zero-order chi connectivity index (χ0) is 14.7. The third-order valence-electron chi connectivity index (χ3n) is 5.35. The largest absolute Gasteiger partial charge is 0.299 e. The summed E-state index contributed by atoms with van der Waals surface area (Å²) < 4.78 is 1.15. The maximum Gasteiger partial charge on any atom is 0.140 e. The Morgan fingerprint density at radius 3 is 2.67 bits per heavy atom. The van der Waals surface area contributed by atoms with Gasteiger partial charge in [-0.1, -0.05) is 65.5 Å².